The van der Waals surface area contributed by atoms with Gasteiger partial charge in [-0.1, -0.05) is 12.5 Å². The number of aliphatic hydroxyl groups excluding tert-OH is 1. The van der Waals surface area contributed by atoms with E-state index in [1.165, 1.54) is 24.3 Å². The van der Waals surface area contributed by atoms with Crippen LogP contribution in [0.2, 0.25) is 0 Å². The van der Waals surface area contributed by atoms with Crippen LogP contribution < -0.4 is 0 Å². The molecule has 2 rings (SSSR count). The smallest absolute Gasteiger partial charge is 0.333 e. The van der Waals surface area contributed by atoms with Gasteiger partial charge >= 0.3 is 5.97 Å². The molecule has 0 radical (unpaired) electrons. The van der Waals surface area contributed by atoms with Crippen molar-refractivity contribution in [1.29, 1.82) is 0 Å². The molecule has 0 spiro atoms. The third-order valence-corrected chi connectivity index (χ3v) is 3.47. The SMILES string of the molecule is O=C(C=Cc1ccc(O)c(O)c1)OC1(O)CCCCC1O. The van der Waals surface area contributed by atoms with Gasteiger partial charge in [0, 0.05) is 12.5 Å². The van der Waals surface area contributed by atoms with Crippen LogP contribution in [0.3, 0.4) is 0 Å². The maximum absolute atomic E-state index is 11.7. The number of phenolic OH excluding ortho intramolecular Hbond substituents is 2. The molecule has 1 aliphatic carbocycles. The van der Waals surface area contributed by atoms with E-state index in [4.69, 9.17) is 4.74 Å². The molecule has 6 heteroatoms. The van der Waals surface area contributed by atoms with Crippen LogP contribution in [0.4, 0.5) is 0 Å². The molecule has 0 amide bonds. The highest BCUT2D eigenvalue weighted by Gasteiger charge is 2.41. The zero-order valence-electron chi connectivity index (χ0n) is 11.4. The molecule has 114 valence electrons. The molecule has 2 atom stereocenters. The highest BCUT2D eigenvalue weighted by Crippen LogP contribution is 2.30. The van der Waals surface area contributed by atoms with Gasteiger partial charge in [0.25, 0.3) is 0 Å². The van der Waals surface area contributed by atoms with Crippen LogP contribution in [-0.2, 0) is 9.53 Å². The van der Waals surface area contributed by atoms with Gasteiger partial charge in [-0.05, 0) is 36.6 Å². The summed E-state index contributed by atoms with van der Waals surface area (Å²) >= 11 is 0. The van der Waals surface area contributed by atoms with E-state index in [2.05, 4.69) is 0 Å². The molecule has 0 aromatic heterocycles. The summed E-state index contributed by atoms with van der Waals surface area (Å²) in [5, 5.41) is 38.3. The van der Waals surface area contributed by atoms with Crippen molar-refractivity contribution < 1.29 is 30.0 Å². The fraction of sp³-hybridized carbons (Fsp3) is 0.400. The first kappa shape index (κ1) is 15.3. The fourth-order valence-electron chi connectivity index (χ4n) is 2.24. The minimum Gasteiger partial charge on any atom is -0.504 e. The van der Waals surface area contributed by atoms with Gasteiger partial charge in [0.2, 0.25) is 5.79 Å². The Morgan fingerprint density at radius 1 is 1.29 bits per heavy atom. The van der Waals surface area contributed by atoms with Gasteiger partial charge in [0.05, 0.1) is 0 Å². The second-order valence-electron chi connectivity index (χ2n) is 5.11. The molecule has 2 unspecified atom stereocenters. The van der Waals surface area contributed by atoms with Crippen molar-refractivity contribution in [3.63, 3.8) is 0 Å². The Morgan fingerprint density at radius 2 is 2.05 bits per heavy atom. The fourth-order valence-corrected chi connectivity index (χ4v) is 2.24. The van der Waals surface area contributed by atoms with Crippen molar-refractivity contribution in [2.24, 2.45) is 0 Å². The first-order chi connectivity index (χ1) is 9.90. The molecular formula is C15H18O6. The van der Waals surface area contributed by atoms with Crippen LogP contribution in [0.1, 0.15) is 31.2 Å². The zero-order chi connectivity index (χ0) is 15.5. The summed E-state index contributed by atoms with van der Waals surface area (Å²) in [6.45, 7) is 0. The van der Waals surface area contributed by atoms with Crippen molar-refractivity contribution in [1.82, 2.24) is 0 Å². The van der Waals surface area contributed by atoms with Crippen LogP contribution in [-0.4, -0.2) is 38.3 Å². The lowest BCUT2D eigenvalue weighted by atomic mass is 9.91. The number of benzene rings is 1. The summed E-state index contributed by atoms with van der Waals surface area (Å²) < 4.78 is 4.93. The lowest BCUT2D eigenvalue weighted by Gasteiger charge is -2.35. The van der Waals surface area contributed by atoms with Crippen molar-refractivity contribution in [3.05, 3.63) is 29.8 Å². The predicted molar refractivity (Wildman–Crippen MR) is 74.3 cm³/mol. The topological polar surface area (TPSA) is 107 Å². The highest BCUT2D eigenvalue weighted by atomic mass is 16.7. The maximum Gasteiger partial charge on any atom is 0.333 e. The molecule has 0 heterocycles. The summed E-state index contributed by atoms with van der Waals surface area (Å²) in [7, 11) is 0. The summed E-state index contributed by atoms with van der Waals surface area (Å²) in [5.74, 6) is -3.18. The molecule has 21 heavy (non-hydrogen) atoms. The Labute approximate surface area is 121 Å². The van der Waals surface area contributed by atoms with Crippen molar-refractivity contribution in [3.8, 4) is 11.5 Å². The molecule has 1 aromatic carbocycles. The van der Waals surface area contributed by atoms with E-state index in [0.29, 0.717) is 18.4 Å². The van der Waals surface area contributed by atoms with Gasteiger partial charge in [-0.15, -0.1) is 0 Å². The molecule has 0 aliphatic heterocycles. The van der Waals surface area contributed by atoms with Crippen LogP contribution in [0, 0.1) is 0 Å². The molecule has 1 aromatic rings. The summed E-state index contributed by atoms with van der Waals surface area (Å²) in [5.41, 5.74) is 0.485. The van der Waals surface area contributed by atoms with Gasteiger partial charge in [-0.2, -0.15) is 0 Å². The second kappa shape index (κ2) is 6.15. The number of phenols is 2. The molecule has 1 aliphatic rings. The Morgan fingerprint density at radius 3 is 2.71 bits per heavy atom. The van der Waals surface area contributed by atoms with E-state index in [9.17, 15) is 25.2 Å². The van der Waals surface area contributed by atoms with Crippen LogP contribution in [0.5, 0.6) is 11.5 Å². The van der Waals surface area contributed by atoms with Gasteiger partial charge in [0.15, 0.2) is 11.5 Å². The van der Waals surface area contributed by atoms with E-state index in [1.54, 1.807) is 0 Å². The summed E-state index contributed by atoms with van der Waals surface area (Å²) in [6, 6.07) is 4.07. The van der Waals surface area contributed by atoms with E-state index >= 15 is 0 Å². The van der Waals surface area contributed by atoms with Crippen molar-refractivity contribution in [2.45, 2.75) is 37.6 Å². The van der Waals surface area contributed by atoms with Crippen LogP contribution in [0.15, 0.2) is 24.3 Å². The zero-order valence-corrected chi connectivity index (χ0v) is 11.4. The Balaban J connectivity index is 2.00. The number of hydrogen-bond acceptors (Lipinski definition) is 6. The Hall–Kier alpha value is -2.05. The first-order valence-electron chi connectivity index (χ1n) is 6.74. The van der Waals surface area contributed by atoms with Crippen LogP contribution in [0.25, 0.3) is 6.08 Å². The van der Waals surface area contributed by atoms with Gasteiger partial charge in [0.1, 0.15) is 6.10 Å². The Kier molecular flexibility index (Phi) is 4.50. The van der Waals surface area contributed by atoms with Gasteiger partial charge in [-0.3, -0.25) is 0 Å². The summed E-state index contributed by atoms with van der Waals surface area (Å²) in [6.07, 6.45) is 3.43. The number of hydrogen-bond donors (Lipinski definition) is 4. The molecule has 6 nitrogen and oxygen atoms in total. The lowest BCUT2D eigenvalue weighted by molar-refractivity contribution is -0.255. The summed E-state index contributed by atoms with van der Waals surface area (Å²) in [4.78, 5) is 11.7. The van der Waals surface area contributed by atoms with E-state index in [0.717, 1.165) is 12.5 Å². The minimum absolute atomic E-state index is 0.202. The van der Waals surface area contributed by atoms with Crippen LogP contribution >= 0.6 is 0 Å². The minimum atomic E-state index is -1.84. The molecule has 1 saturated carbocycles. The predicted octanol–water partition coefficient (Wildman–Crippen LogP) is 1.28. The van der Waals surface area contributed by atoms with Gasteiger partial charge in [-0.25, -0.2) is 4.79 Å². The van der Waals surface area contributed by atoms with E-state index in [-0.39, 0.29) is 17.9 Å². The average molecular weight is 294 g/mol. The first-order valence-corrected chi connectivity index (χ1v) is 6.74. The number of carbonyl (C=O) groups excluding carboxylic acids is 1. The van der Waals surface area contributed by atoms with Gasteiger partial charge < -0.3 is 25.2 Å². The molecule has 0 saturated heterocycles. The highest BCUT2D eigenvalue weighted by molar-refractivity contribution is 5.87. The second-order valence-corrected chi connectivity index (χ2v) is 5.11. The molecule has 4 N–H and O–H groups in total. The monoisotopic (exact) mass is 294 g/mol. The molecule has 0 bridgehead atoms. The maximum atomic E-state index is 11.7. The number of esters is 1. The number of aromatic hydroxyl groups is 2. The lowest BCUT2D eigenvalue weighted by Crippen LogP contribution is -2.48. The largest absolute Gasteiger partial charge is 0.504 e. The number of aliphatic hydroxyl groups is 2. The quantitative estimate of drug-likeness (QED) is 0.289. The normalized spacial score (nSPS) is 25.9. The standard InChI is InChI=1S/C15H18O6/c16-11-6-4-10(9-12(11)17)5-7-14(19)21-15(20)8-2-1-3-13(15)18/h4-7,9,13,16-18,20H,1-3,8H2. The number of rotatable bonds is 3. The number of ether oxygens (including phenoxy) is 1. The number of carbonyl (C=O) groups is 1. The molecule has 1 fully saturated rings. The Bertz CT molecular complexity index is 553. The van der Waals surface area contributed by atoms with Crippen molar-refractivity contribution in [2.75, 3.05) is 0 Å². The average Bonchev–Trinajstić information content (AvgIpc) is 2.44. The van der Waals surface area contributed by atoms with E-state index < -0.39 is 17.9 Å². The van der Waals surface area contributed by atoms with E-state index in [1.807, 2.05) is 0 Å². The third kappa shape index (κ3) is 3.74. The third-order valence-electron chi connectivity index (χ3n) is 3.47. The van der Waals surface area contributed by atoms with Crippen molar-refractivity contribution >= 4 is 12.0 Å². The molecular weight excluding hydrogens is 276 g/mol.